The van der Waals surface area contributed by atoms with Gasteiger partial charge in [-0.15, -0.1) is 0 Å². The van der Waals surface area contributed by atoms with Crippen molar-refractivity contribution in [3.8, 4) is 5.75 Å². The molecule has 2 amide bonds. The summed E-state index contributed by atoms with van der Waals surface area (Å²) < 4.78 is 12.7. The maximum Gasteiger partial charge on any atom is 0.267 e. The predicted molar refractivity (Wildman–Crippen MR) is 132 cm³/mol. The Balaban J connectivity index is 1.58. The van der Waals surface area contributed by atoms with Gasteiger partial charge in [-0.1, -0.05) is 30.3 Å². The lowest BCUT2D eigenvalue weighted by atomic mass is 10.1. The van der Waals surface area contributed by atoms with Gasteiger partial charge in [0, 0.05) is 55.9 Å². The molecule has 0 radical (unpaired) electrons. The molecule has 0 spiro atoms. The number of methoxy groups -OCH3 is 1. The van der Waals surface area contributed by atoms with Gasteiger partial charge in [-0.3, -0.25) is 14.5 Å². The molecule has 1 saturated heterocycles. The molecule has 1 aliphatic rings. The number of amides is 2. The van der Waals surface area contributed by atoms with Crippen molar-refractivity contribution in [2.45, 2.75) is 0 Å². The van der Waals surface area contributed by atoms with Gasteiger partial charge in [0.2, 0.25) is 0 Å². The number of carbonyl (C=O) groups is 2. The number of para-hydroxylation sites is 2. The Bertz CT molecular complexity index is 1190. The molecule has 2 aromatic carbocycles. The maximum absolute atomic E-state index is 13.2. The van der Waals surface area contributed by atoms with Crippen molar-refractivity contribution in [1.82, 2.24) is 20.1 Å². The molecule has 2 heterocycles. The molecule has 8 nitrogen and oxygen atoms in total. The number of carbonyl (C=O) groups excluding carboxylic acids is 2. The second kappa shape index (κ2) is 11.0. The van der Waals surface area contributed by atoms with Gasteiger partial charge in [0.1, 0.15) is 11.4 Å². The molecule has 4 rings (SSSR count). The zero-order valence-electron chi connectivity index (χ0n) is 19.5. The lowest BCUT2D eigenvalue weighted by Gasteiger charge is -2.26. The Labute approximate surface area is 199 Å². The summed E-state index contributed by atoms with van der Waals surface area (Å²) in [5.41, 5.74) is 2.41. The van der Waals surface area contributed by atoms with E-state index >= 15 is 0 Å². The minimum absolute atomic E-state index is 0.175. The Morgan fingerprint density at radius 1 is 1.09 bits per heavy atom. The Morgan fingerprint density at radius 3 is 2.62 bits per heavy atom. The van der Waals surface area contributed by atoms with Gasteiger partial charge in [0.25, 0.3) is 11.8 Å². The summed E-state index contributed by atoms with van der Waals surface area (Å²) in [7, 11) is 3.46. The van der Waals surface area contributed by atoms with Crippen molar-refractivity contribution < 1.29 is 19.1 Å². The van der Waals surface area contributed by atoms with Crippen molar-refractivity contribution in [1.29, 1.82) is 0 Å². The van der Waals surface area contributed by atoms with E-state index in [4.69, 9.17) is 9.47 Å². The highest BCUT2D eigenvalue weighted by atomic mass is 16.5. The molecule has 2 N–H and O–H groups in total. The molecule has 0 atom stereocenters. The number of nitrogens with one attached hydrogen (secondary N) is 2. The third kappa shape index (κ3) is 5.47. The van der Waals surface area contributed by atoms with E-state index in [0.29, 0.717) is 31.1 Å². The van der Waals surface area contributed by atoms with E-state index in [9.17, 15) is 9.59 Å². The van der Waals surface area contributed by atoms with Crippen LogP contribution < -0.4 is 15.4 Å². The summed E-state index contributed by atoms with van der Waals surface area (Å²) in [5, 5.41) is 6.75. The van der Waals surface area contributed by atoms with Gasteiger partial charge < -0.3 is 24.7 Å². The van der Waals surface area contributed by atoms with Crippen LogP contribution in [-0.4, -0.2) is 67.8 Å². The minimum atomic E-state index is -0.410. The molecule has 1 aromatic heterocycles. The van der Waals surface area contributed by atoms with Gasteiger partial charge in [0.15, 0.2) is 0 Å². The third-order valence-electron chi connectivity index (χ3n) is 5.89. The van der Waals surface area contributed by atoms with Crippen LogP contribution in [0.2, 0.25) is 0 Å². The number of fused-ring (bicyclic) bond motifs is 1. The van der Waals surface area contributed by atoms with Crippen LogP contribution in [0.5, 0.6) is 5.75 Å². The fourth-order valence-electron chi connectivity index (χ4n) is 4.07. The van der Waals surface area contributed by atoms with Crippen molar-refractivity contribution in [2.75, 3.05) is 46.5 Å². The van der Waals surface area contributed by atoms with Gasteiger partial charge in [-0.2, -0.15) is 0 Å². The van der Waals surface area contributed by atoms with Crippen LogP contribution in [0, 0.1) is 0 Å². The molecule has 34 heavy (non-hydrogen) atoms. The van der Waals surface area contributed by atoms with E-state index in [1.54, 1.807) is 30.3 Å². The fourth-order valence-corrected chi connectivity index (χ4v) is 4.07. The SMILES string of the molecule is COc1ccccc1C(=O)N/C(=C/c1cn(C)c2ccccc12)C(=O)NCCN1CCOCC1. The first kappa shape index (κ1) is 23.5. The lowest BCUT2D eigenvalue weighted by molar-refractivity contribution is -0.117. The van der Waals surface area contributed by atoms with E-state index < -0.39 is 5.91 Å². The molecular formula is C26H30N4O4. The number of morpholine rings is 1. The number of hydrogen-bond acceptors (Lipinski definition) is 5. The quantitative estimate of drug-likeness (QED) is 0.503. The molecular weight excluding hydrogens is 432 g/mol. The summed E-state index contributed by atoms with van der Waals surface area (Å²) in [6.45, 7) is 4.29. The highest BCUT2D eigenvalue weighted by molar-refractivity contribution is 6.07. The zero-order chi connectivity index (χ0) is 23.9. The van der Waals surface area contributed by atoms with E-state index in [0.717, 1.165) is 36.1 Å². The van der Waals surface area contributed by atoms with Gasteiger partial charge >= 0.3 is 0 Å². The smallest absolute Gasteiger partial charge is 0.267 e. The van der Waals surface area contributed by atoms with Crippen molar-refractivity contribution in [2.24, 2.45) is 7.05 Å². The Kier molecular flexibility index (Phi) is 7.61. The molecule has 8 heteroatoms. The van der Waals surface area contributed by atoms with Crippen molar-refractivity contribution in [3.05, 3.63) is 71.6 Å². The van der Waals surface area contributed by atoms with Gasteiger partial charge in [-0.05, 0) is 24.3 Å². The molecule has 178 valence electrons. The topological polar surface area (TPSA) is 84.8 Å². The normalized spacial score (nSPS) is 14.7. The van der Waals surface area contributed by atoms with Crippen LogP contribution in [0.1, 0.15) is 15.9 Å². The van der Waals surface area contributed by atoms with Crippen molar-refractivity contribution in [3.63, 3.8) is 0 Å². The Hall–Kier alpha value is -3.62. The highest BCUT2D eigenvalue weighted by Gasteiger charge is 2.19. The number of aryl methyl sites for hydroxylation is 1. The average molecular weight is 463 g/mol. The monoisotopic (exact) mass is 462 g/mol. The van der Waals surface area contributed by atoms with Crippen LogP contribution in [0.4, 0.5) is 0 Å². The summed E-state index contributed by atoms with van der Waals surface area (Å²) in [4.78, 5) is 28.5. The molecule has 1 aliphatic heterocycles. The maximum atomic E-state index is 13.2. The zero-order valence-corrected chi connectivity index (χ0v) is 19.5. The van der Waals surface area contributed by atoms with Gasteiger partial charge in [-0.25, -0.2) is 0 Å². The summed E-state index contributed by atoms with van der Waals surface area (Å²) in [5.74, 6) is -0.311. The first-order chi connectivity index (χ1) is 16.6. The average Bonchev–Trinajstić information content (AvgIpc) is 3.19. The predicted octanol–water partition coefficient (Wildman–Crippen LogP) is 2.41. The fraction of sp³-hybridized carbons (Fsp3) is 0.308. The number of nitrogens with zero attached hydrogens (tertiary/aromatic N) is 2. The standard InChI is InChI=1S/C26H30N4O4/c1-29-18-19(20-7-3-5-9-23(20)29)17-22(26(32)27-11-12-30-13-15-34-16-14-30)28-25(31)21-8-4-6-10-24(21)33-2/h3-10,17-18H,11-16H2,1-2H3,(H,27,32)(H,28,31)/b22-17+. The highest BCUT2D eigenvalue weighted by Crippen LogP contribution is 2.23. The second-order valence-corrected chi connectivity index (χ2v) is 8.13. The Morgan fingerprint density at radius 2 is 1.82 bits per heavy atom. The van der Waals surface area contributed by atoms with E-state index in [-0.39, 0.29) is 11.6 Å². The van der Waals surface area contributed by atoms with Crippen molar-refractivity contribution >= 4 is 28.8 Å². The summed E-state index contributed by atoms with van der Waals surface area (Å²) in [6.07, 6.45) is 3.67. The van der Waals surface area contributed by atoms with E-state index in [1.165, 1.54) is 7.11 Å². The number of ether oxygens (including phenoxy) is 2. The van der Waals surface area contributed by atoms with Crippen LogP contribution in [0.15, 0.2) is 60.4 Å². The number of rotatable bonds is 8. The summed E-state index contributed by atoms with van der Waals surface area (Å²) in [6, 6.07) is 14.9. The van der Waals surface area contributed by atoms with Gasteiger partial charge in [0.05, 0.1) is 25.9 Å². The largest absolute Gasteiger partial charge is 0.496 e. The molecule has 0 bridgehead atoms. The minimum Gasteiger partial charge on any atom is -0.496 e. The first-order valence-corrected chi connectivity index (χ1v) is 11.3. The number of aromatic nitrogens is 1. The third-order valence-corrected chi connectivity index (χ3v) is 5.89. The van der Waals surface area contributed by atoms with E-state index in [2.05, 4.69) is 15.5 Å². The molecule has 3 aromatic rings. The lowest BCUT2D eigenvalue weighted by Crippen LogP contribution is -2.42. The van der Waals surface area contributed by atoms with E-state index in [1.807, 2.05) is 42.1 Å². The number of benzene rings is 2. The molecule has 0 unspecified atom stereocenters. The first-order valence-electron chi connectivity index (χ1n) is 11.3. The van der Waals surface area contributed by atoms with Crippen LogP contribution >= 0.6 is 0 Å². The van der Waals surface area contributed by atoms with Crippen LogP contribution in [0.3, 0.4) is 0 Å². The van der Waals surface area contributed by atoms with Crippen LogP contribution in [0.25, 0.3) is 17.0 Å². The molecule has 0 saturated carbocycles. The molecule has 0 aliphatic carbocycles. The number of hydrogen-bond donors (Lipinski definition) is 2. The molecule has 1 fully saturated rings. The second-order valence-electron chi connectivity index (χ2n) is 8.13. The summed E-state index contributed by atoms with van der Waals surface area (Å²) >= 11 is 0. The van der Waals surface area contributed by atoms with Crippen LogP contribution in [-0.2, 0) is 16.6 Å².